The van der Waals surface area contributed by atoms with Crippen LogP contribution in [0.3, 0.4) is 0 Å². The van der Waals surface area contributed by atoms with Crippen LogP contribution in [-0.2, 0) is 27.2 Å². The van der Waals surface area contributed by atoms with Crippen LogP contribution < -0.4 is 4.90 Å². The summed E-state index contributed by atoms with van der Waals surface area (Å²) < 4.78 is 10.7. The maximum absolute atomic E-state index is 13.2. The molecule has 0 bridgehead atoms. The molecule has 35 heavy (non-hydrogen) atoms. The maximum Gasteiger partial charge on any atom is 0.320 e. The molecule has 10 heteroatoms. The van der Waals surface area contributed by atoms with Crippen molar-refractivity contribution < 1.29 is 19.1 Å². The number of hydrogen-bond donors (Lipinski definition) is 0. The lowest BCUT2D eigenvalue weighted by atomic mass is 9.96. The van der Waals surface area contributed by atoms with Crippen LogP contribution in [0.15, 0.2) is 24.5 Å². The van der Waals surface area contributed by atoms with E-state index in [4.69, 9.17) is 19.4 Å². The molecule has 0 spiro atoms. The van der Waals surface area contributed by atoms with Gasteiger partial charge >= 0.3 is 12.0 Å². The van der Waals surface area contributed by atoms with Gasteiger partial charge in [0, 0.05) is 62.7 Å². The number of carbonyl (C=O) groups is 2. The van der Waals surface area contributed by atoms with Gasteiger partial charge in [-0.05, 0) is 31.9 Å². The molecule has 10 nitrogen and oxygen atoms in total. The van der Waals surface area contributed by atoms with Crippen molar-refractivity contribution in [1.29, 1.82) is 0 Å². The Hall–Kier alpha value is -3.27. The van der Waals surface area contributed by atoms with Gasteiger partial charge in [-0.3, -0.25) is 9.78 Å². The number of carbonyl (C=O) groups excluding carboxylic acids is 2. The van der Waals surface area contributed by atoms with Gasteiger partial charge in [0.1, 0.15) is 5.82 Å². The van der Waals surface area contributed by atoms with E-state index in [-0.39, 0.29) is 17.9 Å². The summed E-state index contributed by atoms with van der Waals surface area (Å²) in [6, 6.07) is 3.88. The lowest BCUT2D eigenvalue weighted by Gasteiger charge is -2.38. The standard InChI is InChI=1S/C25H32N6O4/c1-2-35-24(32)18-5-9-29(10-6-18)23-20-17-31(25(33)30-12-14-34-15-13-30)11-7-21(20)27-22(28-23)19-4-3-8-26-16-19/h3-4,8,16,18H,2,5-7,9-15,17H2,1H3. The lowest BCUT2D eigenvalue weighted by molar-refractivity contribution is -0.148. The molecule has 2 aromatic rings. The van der Waals surface area contributed by atoms with Gasteiger partial charge in [0.25, 0.3) is 0 Å². The first-order chi connectivity index (χ1) is 17.1. The Morgan fingerprint density at radius 1 is 1.09 bits per heavy atom. The topological polar surface area (TPSA) is 101 Å². The molecule has 2 aromatic heterocycles. The number of ether oxygens (including phenoxy) is 2. The fraction of sp³-hybridized carbons (Fsp3) is 0.560. The number of hydrogen-bond acceptors (Lipinski definition) is 8. The number of morpholine rings is 1. The van der Waals surface area contributed by atoms with Crippen LogP contribution in [0, 0.1) is 5.92 Å². The van der Waals surface area contributed by atoms with E-state index in [1.807, 2.05) is 28.9 Å². The molecule has 3 aliphatic rings. The van der Waals surface area contributed by atoms with Gasteiger partial charge in [-0.2, -0.15) is 0 Å². The van der Waals surface area contributed by atoms with Crippen molar-refractivity contribution in [3.05, 3.63) is 35.8 Å². The second-order valence-corrected chi connectivity index (χ2v) is 9.10. The summed E-state index contributed by atoms with van der Waals surface area (Å²) in [5.41, 5.74) is 2.84. The van der Waals surface area contributed by atoms with Crippen LogP contribution in [0.2, 0.25) is 0 Å². The lowest BCUT2D eigenvalue weighted by Crippen LogP contribution is -2.50. The van der Waals surface area contributed by atoms with Crippen molar-refractivity contribution in [2.24, 2.45) is 5.92 Å². The predicted molar refractivity (Wildman–Crippen MR) is 129 cm³/mol. The molecule has 2 amide bonds. The minimum absolute atomic E-state index is 0.0438. The predicted octanol–water partition coefficient (Wildman–Crippen LogP) is 2.13. The van der Waals surface area contributed by atoms with E-state index < -0.39 is 0 Å². The molecular weight excluding hydrogens is 448 g/mol. The fourth-order valence-electron chi connectivity index (χ4n) is 4.99. The van der Waals surface area contributed by atoms with Gasteiger partial charge in [0.05, 0.1) is 38.0 Å². The molecule has 5 heterocycles. The molecule has 3 aliphatic heterocycles. The Morgan fingerprint density at radius 3 is 2.60 bits per heavy atom. The van der Waals surface area contributed by atoms with Crippen LogP contribution in [0.1, 0.15) is 31.0 Å². The summed E-state index contributed by atoms with van der Waals surface area (Å²) >= 11 is 0. The Bertz CT molecular complexity index is 1050. The molecule has 0 saturated carbocycles. The number of nitrogens with zero attached hydrogens (tertiary/aromatic N) is 6. The number of fused-ring (bicyclic) bond motifs is 1. The SMILES string of the molecule is CCOC(=O)C1CCN(c2nc(-c3cccnc3)nc3c2CN(C(=O)N2CCOCC2)CC3)CC1. The van der Waals surface area contributed by atoms with Gasteiger partial charge in [-0.15, -0.1) is 0 Å². The summed E-state index contributed by atoms with van der Waals surface area (Å²) in [6.45, 7) is 7.14. The van der Waals surface area contributed by atoms with Crippen LogP contribution in [0.25, 0.3) is 11.4 Å². The molecule has 2 fully saturated rings. The Kier molecular flexibility index (Phi) is 7.08. The highest BCUT2D eigenvalue weighted by Gasteiger charge is 2.33. The molecule has 186 valence electrons. The smallest absolute Gasteiger partial charge is 0.320 e. The first kappa shape index (κ1) is 23.5. The number of anilines is 1. The number of pyridine rings is 1. The third kappa shape index (κ3) is 5.07. The molecule has 0 N–H and O–H groups in total. The minimum atomic E-state index is -0.116. The van der Waals surface area contributed by atoms with Crippen LogP contribution in [-0.4, -0.2) is 89.3 Å². The summed E-state index contributed by atoms with van der Waals surface area (Å²) in [5.74, 6) is 1.30. The van der Waals surface area contributed by atoms with Crippen LogP contribution in [0.5, 0.6) is 0 Å². The van der Waals surface area contributed by atoms with Gasteiger partial charge < -0.3 is 24.2 Å². The zero-order chi connectivity index (χ0) is 24.2. The molecule has 0 aromatic carbocycles. The van der Waals surface area contributed by atoms with Gasteiger partial charge in [0.15, 0.2) is 5.82 Å². The van der Waals surface area contributed by atoms with Crippen molar-refractivity contribution in [3.8, 4) is 11.4 Å². The molecular formula is C25H32N6O4. The van der Waals surface area contributed by atoms with E-state index in [1.54, 1.807) is 12.4 Å². The van der Waals surface area contributed by atoms with E-state index in [0.29, 0.717) is 71.3 Å². The molecule has 0 atom stereocenters. The summed E-state index contributed by atoms with van der Waals surface area (Å²) in [6.07, 6.45) is 5.62. The number of esters is 1. The van der Waals surface area contributed by atoms with Crippen LogP contribution in [0.4, 0.5) is 10.6 Å². The number of urea groups is 1. The average Bonchev–Trinajstić information content (AvgIpc) is 2.93. The van der Waals surface area contributed by atoms with E-state index >= 15 is 0 Å². The monoisotopic (exact) mass is 480 g/mol. The number of rotatable bonds is 4. The maximum atomic E-state index is 13.2. The highest BCUT2D eigenvalue weighted by molar-refractivity contribution is 5.76. The van der Waals surface area contributed by atoms with Crippen molar-refractivity contribution in [1.82, 2.24) is 24.8 Å². The van der Waals surface area contributed by atoms with Gasteiger partial charge in [-0.1, -0.05) is 0 Å². The van der Waals surface area contributed by atoms with E-state index in [1.165, 1.54) is 0 Å². The summed E-state index contributed by atoms with van der Waals surface area (Å²) in [7, 11) is 0. The van der Waals surface area contributed by atoms with Crippen LogP contribution >= 0.6 is 0 Å². The van der Waals surface area contributed by atoms with Crippen molar-refractivity contribution in [2.45, 2.75) is 32.7 Å². The molecule has 0 aliphatic carbocycles. The average molecular weight is 481 g/mol. The molecule has 2 saturated heterocycles. The Labute approximate surface area is 205 Å². The number of aromatic nitrogens is 3. The van der Waals surface area contributed by atoms with Gasteiger partial charge in [-0.25, -0.2) is 14.8 Å². The Morgan fingerprint density at radius 2 is 1.89 bits per heavy atom. The summed E-state index contributed by atoms with van der Waals surface area (Å²) in [4.78, 5) is 45.6. The molecule has 5 rings (SSSR count). The Balaban J connectivity index is 1.42. The van der Waals surface area contributed by atoms with E-state index in [9.17, 15) is 9.59 Å². The molecule has 0 unspecified atom stereocenters. The zero-order valence-electron chi connectivity index (χ0n) is 20.2. The quantitative estimate of drug-likeness (QED) is 0.614. The highest BCUT2D eigenvalue weighted by atomic mass is 16.5. The van der Waals surface area contributed by atoms with E-state index in [0.717, 1.165) is 35.5 Å². The first-order valence-electron chi connectivity index (χ1n) is 12.5. The number of amides is 2. The largest absolute Gasteiger partial charge is 0.466 e. The summed E-state index contributed by atoms with van der Waals surface area (Å²) in [5, 5.41) is 0. The second-order valence-electron chi connectivity index (χ2n) is 9.10. The third-order valence-electron chi connectivity index (χ3n) is 6.92. The number of piperidine rings is 1. The molecule has 0 radical (unpaired) electrons. The van der Waals surface area contributed by atoms with Crippen molar-refractivity contribution >= 4 is 17.8 Å². The zero-order valence-corrected chi connectivity index (χ0v) is 20.2. The fourth-order valence-corrected chi connectivity index (χ4v) is 4.99. The third-order valence-corrected chi connectivity index (χ3v) is 6.92. The minimum Gasteiger partial charge on any atom is -0.466 e. The van der Waals surface area contributed by atoms with Gasteiger partial charge in [0.2, 0.25) is 0 Å². The van der Waals surface area contributed by atoms with E-state index in [2.05, 4.69) is 9.88 Å². The first-order valence-corrected chi connectivity index (χ1v) is 12.5. The van der Waals surface area contributed by atoms with Crippen molar-refractivity contribution in [3.63, 3.8) is 0 Å². The second kappa shape index (κ2) is 10.6. The van der Waals surface area contributed by atoms with Crippen molar-refractivity contribution in [2.75, 3.05) is 57.4 Å². The highest BCUT2D eigenvalue weighted by Crippen LogP contribution is 2.32. The normalized spacial score (nSPS) is 18.8.